The van der Waals surface area contributed by atoms with Crippen LogP contribution in [0.4, 0.5) is 24.5 Å². The van der Waals surface area contributed by atoms with E-state index in [0.29, 0.717) is 32.2 Å². The summed E-state index contributed by atoms with van der Waals surface area (Å²) in [5, 5.41) is 20.1. The Kier molecular flexibility index (Phi) is 10.3. The molecule has 1 aliphatic heterocycles. The van der Waals surface area contributed by atoms with Crippen LogP contribution in [0.25, 0.3) is 16.4 Å². The van der Waals surface area contributed by atoms with Crippen molar-refractivity contribution in [1.82, 2.24) is 4.98 Å². The van der Waals surface area contributed by atoms with Gasteiger partial charge in [0, 0.05) is 48.6 Å². The molecule has 0 amide bonds. The van der Waals surface area contributed by atoms with Gasteiger partial charge in [-0.25, -0.2) is 0 Å². The zero-order valence-corrected chi connectivity index (χ0v) is 23.8. The summed E-state index contributed by atoms with van der Waals surface area (Å²) in [5.74, 6) is 6.22. The van der Waals surface area contributed by atoms with Gasteiger partial charge in [0.1, 0.15) is 10.8 Å². The topological polar surface area (TPSA) is 96.4 Å². The van der Waals surface area contributed by atoms with Gasteiger partial charge in [0.2, 0.25) is 0 Å². The third kappa shape index (κ3) is 7.47. The summed E-state index contributed by atoms with van der Waals surface area (Å²) < 4.78 is 53.1. The second-order valence-corrected chi connectivity index (χ2v) is 8.95. The Morgan fingerprint density at radius 3 is 2.58 bits per heavy atom. The molecule has 1 aromatic carbocycles. The van der Waals surface area contributed by atoms with Crippen LogP contribution in [0.2, 0.25) is 0 Å². The second kappa shape index (κ2) is 12.8. The van der Waals surface area contributed by atoms with Crippen LogP contribution < -0.4 is 61.0 Å². The monoisotopic (exact) mass is 541 g/mol. The summed E-state index contributed by atoms with van der Waals surface area (Å²) >= 11 is 0.783. The van der Waals surface area contributed by atoms with Gasteiger partial charge in [-0.2, -0.15) is 13.2 Å². The fourth-order valence-electron chi connectivity index (χ4n) is 3.58. The van der Waals surface area contributed by atoms with Crippen LogP contribution in [-0.2, 0) is 10.9 Å². The molecule has 0 atom stereocenters. The van der Waals surface area contributed by atoms with Crippen molar-refractivity contribution >= 4 is 33.3 Å². The molecular weight excluding hydrogens is 518 g/mol. The SMILES string of the molecule is COc1cc(N2CCOCC2)c(C(F)(F)F)cc1-c1cnccc1[N-]C(=N)SC(=N)C#CC1CC1.[K+]. The second-order valence-electron chi connectivity index (χ2n) is 7.95. The third-order valence-electron chi connectivity index (χ3n) is 5.45. The van der Waals surface area contributed by atoms with Crippen molar-refractivity contribution in [2.24, 2.45) is 5.92 Å². The number of nitrogens with one attached hydrogen (secondary N) is 2. The number of halogens is 3. The number of rotatable bonds is 4. The number of pyridine rings is 1. The van der Waals surface area contributed by atoms with Crippen LogP contribution >= 0.6 is 11.8 Å². The quantitative estimate of drug-likeness (QED) is 0.269. The van der Waals surface area contributed by atoms with E-state index < -0.39 is 11.7 Å². The normalized spacial score (nSPS) is 15.3. The Labute approximate surface area is 254 Å². The molecule has 36 heavy (non-hydrogen) atoms. The van der Waals surface area contributed by atoms with Gasteiger partial charge in [-0.15, -0.1) is 0 Å². The number of ether oxygens (including phenoxy) is 2. The van der Waals surface area contributed by atoms with E-state index in [0.717, 1.165) is 30.7 Å². The molecule has 2 aliphatic rings. The zero-order chi connectivity index (χ0) is 25.0. The molecule has 2 heterocycles. The minimum absolute atomic E-state index is 0. The summed E-state index contributed by atoms with van der Waals surface area (Å²) in [7, 11) is 1.39. The van der Waals surface area contributed by atoms with E-state index >= 15 is 0 Å². The molecule has 0 unspecified atom stereocenters. The number of amidine groups is 1. The first-order chi connectivity index (χ1) is 16.8. The van der Waals surface area contributed by atoms with E-state index in [1.54, 1.807) is 4.90 Å². The molecular formula is C24H23F3KN5O2S. The van der Waals surface area contributed by atoms with Crippen LogP contribution in [-0.4, -0.2) is 48.6 Å². The molecule has 7 nitrogen and oxygen atoms in total. The molecule has 2 N–H and O–H groups in total. The van der Waals surface area contributed by atoms with E-state index in [1.807, 2.05) is 0 Å². The van der Waals surface area contributed by atoms with E-state index in [-0.39, 0.29) is 89.8 Å². The Bertz CT molecular complexity index is 1190. The van der Waals surface area contributed by atoms with Crippen molar-refractivity contribution in [3.63, 3.8) is 0 Å². The Hall–Kier alpha value is -1.59. The van der Waals surface area contributed by atoms with Crippen LogP contribution in [0, 0.1) is 28.6 Å². The number of thioether (sulfide) groups is 1. The predicted octanol–water partition coefficient (Wildman–Crippen LogP) is 2.68. The van der Waals surface area contributed by atoms with Crippen LogP contribution in [0.5, 0.6) is 5.75 Å². The first kappa shape index (κ1) is 29.0. The summed E-state index contributed by atoms with van der Waals surface area (Å²) in [4.78, 5) is 5.69. The number of anilines is 1. The fraction of sp³-hybridized carbons (Fsp3) is 0.375. The molecule has 12 heteroatoms. The van der Waals surface area contributed by atoms with Gasteiger partial charge in [-0.1, -0.05) is 17.7 Å². The van der Waals surface area contributed by atoms with Crippen molar-refractivity contribution in [1.29, 1.82) is 10.8 Å². The Balaban J connectivity index is 0.00000361. The Morgan fingerprint density at radius 1 is 1.22 bits per heavy atom. The molecule has 0 bridgehead atoms. The largest absolute Gasteiger partial charge is 1.00 e. The Morgan fingerprint density at radius 2 is 1.94 bits per heavy atom. The van der Waals surface area contributed by atoms with Crippen LogP contribution in [0.3, 0.4) is 0 Å². The first-order valence-electron chi connectivity index (χ1n) is 10.9. The fourth-order valence-corrected chi connectivity index (χ4v) is 4.03. The van der Waals surface area contributed by atoms with Crippen LogP contribution in [0.1, 0.15) is 18.4 Å². The summed E-state index contributed by atoms with van der Waals surface area (Å²) in [6.45, 7) is 1.35. The minimum Gasteiger partial charge on any atom is -0.496 e. The molecule has 2 fully saturated rings. The number of benzene rings is 1. The van der Waals surface area contributed by atoms with Crippen LogP contribution in [0.15, 0.2) is 30.6 Å². The molecule has 0 radical (unpaired) electrons. The molecule has 1 saturated heterocycles. The molecule has 2 aromatic rings. The van der Waals surface area contributed by atoms with Gasteiger partial charge in [0.15, 0.2) is 0 Å². The average Bonchev–Trinajstić information content (AvgIpc) is 3.67. The number of hydrogen-bond acceptors (Lipinski definition) is 7. The van der Waals surface area contributed by atoms with Gasteiger partial charge in [-0.3, -0.25) is 10.4 Å². The molecule has 1 aliphatic carbocycles. The molecule has 4 rings (SSSR count). The molecule has 1 aromatic heterocycles. The van der Waals surface area contributed by atoms with Gasteiger partial charge in [-0.05, 0) is 41.7 Å². The van der Waals surface area contributed by atoms with E-state index in [9.17, 15) is 13.2 Å². The number of methoxy groups -OCH3 is 1. The van der Waals surface area contributed by atoms with Crippen molar-refractivity contribution < 1.29 is 74.0 Å². The maximum Gasteiger partial charge on any atom is 1.00 e. The van der Waals surface area contributed by atoms with Crippen molar-refractivity contribution in [2.45, 2.75) is 19.0 Å². The van der Waals surface area contributed by atoms with Crippen molar-refractivity contribution in [3.8, 4) is 28.7 Å². The van der Waals surface area contributed by atoms with Gasteiger partial charge in [0.25, 0.3) is 0 Å². The number of aromatic nitrogens is 1. The summed E-state index contributed by atoms with van der Waals surface area (Å²) in [5.41, 5.74) is -0.0956. The number of morpholine rings is 1. The van der Waals surface area contributed by atoms with E-state index in [1.165, 1.54) is 31.6 Å². The number of nitrogens with zero attached hydrogens (tertiary/aromatic N) is 3. The predicted molar refractivity (Wildman–Crippen MR) is 131 cm³/mol. The smallest absolute Gasteiger partial charge is 0.496 e. The maximum atomic E-state index is 14.1. The summed E-state index contributed by atoms with van der Waals surface area (Å²) in [6, 6.07) is 3.93. The zero-order valence-electron chi connectivity index (χ0n) is 19.9. The first-order valence-corrected chi connectivity index (χ1v) is 11.7. The van der Waals surface area contributed by atoms with E-state index in [4.69, 9.17) is 20.3 Å². The maximum absolute atomic E-state index is 14.1. The summed E-state index contributed by atoms with van der Waals surface area (Å²) in [6.07, 6.45) is 0.281. The average molecular weight is 542 g/mol. The van der Waals surface area contributed by atoms with Gasteiger partial charge >= 0.3 is 57.6 Å². The third-order valence-corrected chi connectivity index (χ3v) is 6.04. The van der Waals surface area contributed by atoms with Gasteiger partial charge in [0.05, 0.1) is 31.6 Å². The molecule has 0 spiro atoms. The van der Waals surface area contributed by atoms with Crippen molar-refractivity contribution in [2.75, 3.05) is 38.3 Å². The molecule has 184 valence electrons. The number of hydrogen-bond donors (Lipinski definition) is 2. The molecule has 1 saturated carbocycles. The van der Waals surface area contributed by atoms with Crippen molar-refractivity contribution in [3.05, 3.63) is 41.5 Å². The standard InChI is InChI=1S/C24H23F3N5O2S.K/c1-33-21-13-20(32-8-10-34-11-9-32)18(24(25,26)27)12-16(21)17-14-30-7-6-19(17)31-23(29)35-22(28)5-4-15-2-3-15;/h6-7,12-15,28H,2-3,8-11H2,1H3,(H-,29,30,31);/q-1;+1. The van der Waals surface area contributed by atoms with Gasteiger partial charge < -0.3 is 25.1 Å². The minimum atomic E-state index is -4.61. The van der Waals surface area contributed by atoms with E-state index in [2.05, 4.69) is 22.1 Å². The number of alkyl halides is 3.